The van der Waals surface area contributed by atoms with E-state index in [2.05, 4.69) is 5.32 Å². The number of nitrogens with one attached hydrogen (secondary N) is 1. The third kappa shape index (κ3) is 10.4. The molecule has 0 aliphatic rings. The molecule has 0 aliphatic carbocycles. The average molecular weight is 337 g/mol. The maximum absolute atomic E-state index is 11.0. The van der Waals surface area contributed by atoms with Crippen LogP contribution in [-0.2, 0) is 16.0 Å². The fourth-order valence-corrected chi connectivity index (χ4v) is 2.11. The van der Waals surface area contributed by atoms with Crippen molar-refractivity contribution in [3.63, 3.8) is 0 Å². The van der Waals surface area contributed by atoms with E-state index in [0.29, 0.717) is 13.0 Å². The molecule has 0 saturated carbocycles. The number of carbonyl (C=O) groups excluding carboxylic acids is 1. The van der Waals surface area contributed by atoms with Gasteiger partial charge in [0.25, 0.3) is 0 Å². The van der Waals surface area contributed by atoms with Gasteiger partial charge < -0.3 is 24.7 Å². The second-order valence-electron chi connectivity index (χ2n) is 6.29. The number of Topliss-reactive ketones (excluding diaryl/α,β-unsaturated/α-hetero) is 1. The standard InChI is InChI=1S/C19H31NO4/c1-15(2)23-12-4-11-20-13-18(22)14-24-19-9-7-17(8-10-19)6-5-16(3)21/h7-10,15,18,20,22H,4-6,11-14H2,1-3H3/t18-/m1/s1. The number of aryl methyl sites for hydroxylation is 1. The molecule has 5 heteroatoms. The summed E-state index contributed by atoms with van der Waals surface area (Å²) in [7, 11) is 0. The quantitative estimate of drug-likeness (QED) is 0.541. The number of rotatable bonds is 13. The second kappa shape index (κ2) is 12.0. The van der Waals surface area contributed by atoms with Gasteiger partial charge in [-0.25, -0.2) is 0 Å². The maximum atomic E-state index is 11.0. The lowest BCUT2D eigenvalue weighted by Gasteiger charge is -2.14. The van der Waals surface area contributed by atoms with Gasteiger partial charge in [-0.2, -0.15) is 0 Å². The van der Waals surface area contributed by atoms with E-state index >= 15 is 0 Å². The van der Waals surface area contributed by atoms with Crippen LogP contribution in [0, 0.1) is 0 Å². The fourth-order valence-electron chi connectivity index (χ4n) is 2.11. The Balaban J connectivity index is 2.13. The largest absolute Gasteiger partial charge is 0.491 e. The van der Waals surface area contributed by atoms with Crippen molar-refractivity contribution in [3.8, 4) is 5.75 Å². The lowest BCUT2D eigenvalue weighted by atomic mass is 10.1. The highest BCUT2D eigenvalue weighted by Gasteiger charge is 2.05. The molecule has 0 radical (unpaired) electrons. The summed E-state index contributed by atoms with van der Waals surface area (Å²) in [5, 5.41) is 13.1. The van der Waals surface area contributed by atoms with E-state index in [1.54, 1.807) is 6.92 Å². The van der Waals surface area contributed by atoms with Gasteiger partial charge in [-0.1, -0.05) is 12.1 Å². The minimum Gasteiger partial charge on any atom is -0.491 e. The third-order valence-electron chi connectivity index (χ3n) is 3.46. The molecule has 1 aromatic rings. The zero-order valence-corrected chi connectivity index (χ0v) is 15.1. The monoisotopic (exact) mass is 337 g/mol. The van der Waals surface area contributed by atoms with Gasteiger partial charge in [0.1, 0.15) is 24.2 Å². The SMILES string of the molecule is CC(=O)CCc1ccc(OC[C@H](O)CNCCCOC(C)C)cc1. The van der Waals surface area contributed by atoms with E-state index in [4.69, 9.17) is 9.47 Å². The first kappa shape index (κ1) is 20.6. The van der Waals surface area contributed by atoms with Crippen LogP contribution >= 0.6 is 0 Å². The Labute approximate surface area is 145 Å². The fraction of sp³-hybridized carbons (Fsp3) is 0.632. The average Bonchev–Trinajstić information content (AvgIpc) is 2.54. The van der Waals surface area contributed by atoms with Gasteiger partial charge in [0.2, 0.25) is 0 Å². The number of ether oxygens (including phenoxy) is 2. The molecule has 136 valence electrons. The summed E-state index contributed by atoms with van der Waals surface area (Å²) in [5.74, 6) is 0.924. The van der Waals surface area contributed by atoms with E-state index in [9.17, 15) is 9.90 Å². The van der Waals surface area contributed by atoms with Crippen LogP contribution in [0.2, 0.25) is 0 Å². The summed E-state index contributed by atoms with van der Waals surface area (Å²) in [4.78, 5) is 11.0. The highest BCUT2D eigenvalue weighted by atomic mass is 16.5. The molecule has 1 aromatic carbocycles. The van der Waals surface area contributed by atoms with Gasteiger partial charge in [-0.15, -0.1) is 0 Å². The van der Waals surface area contributed by atoms with Crippen LogP contribution in [0.15, 0.2) is 24.3 Å². The van der Waals surface area contributed by atoms with Crippen LogP contribution in [0.1, 0.15) is 39.2 Å². The third-order valence-corrected chi connectivity index (χ3v) is 3.46. The molecule has 2 N–H and O–H groups in total. The molecule has 0 amide bonds. The van der Waals surface area contributed by atoms with Crippen molar-refractivity contribution in [2.45, 2.75) is 52.2 Å². The summed E-state index contributed by atoms with van der Waals surface area (Å²) >= 11 is 0. The highest BCUT2D eigenvalue weighted by Crippen LogP contribution is 2.13. The van der Waals surface area contributed by atoms with E-state index in [1.807, 2.05) is 38.1 Å². The van der Waals surface area contributed by atoms with Crippen LogP contribution in [-0.4, -0.2) is 49.4 Å². The Hall–Kier alpha value is -1.43. The molecule has 0 aromatic heterocycles. The predicted octanol–water partition coefficient (Wildman–Crippen LogP) is 2.35. The zero-order valence-electron chi connectivity index (χ0n) is 15.1. The van der Waals surface area contributed by atoms with Crippen molar-refractivity contribution >= 4 is 5.78 Å². The highest BCUT2D eigenvalue weighted by molar-refractivity contribution is 5.75. The smallest absolute Gasteiger partial charge is 0.130 e. The number of hydrogen-bond donors (Lipinski definition) is 2. The first-order valence-corrected chi connectivity index (χ1v) is 8.69. The molecular weight excluding hydrogens is 306 g/mol. The van der Waals surface area contributed by atoms with E-state index < -0.39 is 6.10 Å². The van der Waals surface area contributed by atoms with Gasteiger partial charge in [0, 0.05) is 19.6 Å². The van der Waals surface area contributed by atoms with Crippen LogP contribution in [0.4, 0.5) is 0 Å². The van der Waals surface area contributed by atoms with Gasteiger partial charge in [0.15, 0.2) is 0 Å². The molecule has 24 heavy (non-hydrogen) atoms. The minimum atomic E-state index is -0.548. The number of carbonyl (C=O) groups is 1. The Kier molecular flexibility index (Phi) is 10.3. The van der Waals surface area contributed by atoms with Crippen LogP contribution in [0.5, 0.6) is 5.75 Å². The Morgan fingerprint density at radius 1 is 1.25 bits per heavy atom. The molecule has 0 fully saturated rings. The summed E-state index contributed by atoms with van der Waals surface area (Å²) < 4.78 is 11.0. The number of ketones is 1. The van der Waals surface area contributed by atoms with Crippen molar-refractivity contribution < 1.29 is 19.4 Å². The predicted molar refractivity (Wildman–Crippen MR) is 95.5 cm³/mol. The molecule has 1 atom stereocenters. The summed E-state index contributed by atoms with van der Waals surface area (Å²) in [6, 6.07) is 7.66. The first-order valence-electron chi connectivity index (χ1n) is 8.69. The maximum Gasteiger partial charge on any atom is 0.130 e. The van der Waals surface area contributed by atoms with Gasteiger partial charge in [0.05, 0.1) is 6.10 Å². The van der Waals surface area contributed by atoms with Crippen LogP contribution in [0.3, 0.4) is 0 Å². The number of hydrogen-bond acceptors (Lipinski definition) is 5. The van der Waals surface area contributed by atoms with E-state index in [1.165, 1.54) is 0 Å². The summed E-state index contributed by atoms with van der Waals surface area (Å²) in [6.45, 7) is 7.93. The summed E-state index contributed by atoms with van der Waals surface area (Å²) in [5.41, 5.74) is 1.11. The zero-order chi connectivity index (χ0) is 17.8. The van der Waals surface area contributed by atoms with Crippen molar-refractivity contribution in [2.24, 2.45) is 0 Å². The van der Waals surface area contributed by atoms with Crippen LogP contribution < -0.4 is 10.1 Å². The second-order valence-corrected chi connectivity index (χ2v) is 6.29. The van der Waals surface area contributed by atoms with Gasteiger partial charge >= 0.3 is 0 Å². The van der Waals surface area contributed by atoms with E-state index in [0.717, 1.165) is 37.3 Å². The lowest BCUT2D eigenvalue weighted by molar-refractivity contribution is -0.116. The first-order chi connectivity index (χ1) is 11.5. The molecule has 0 bridgehead atoms. The number of aliphatic hydroxyl groups excluding tert-OH is 1. The molecule has 1 rings (SSSR count). The Morgan fingerprint density at radius 3 is 2.58 bits per heavy atom. The van der Waals surface area contributed by atoms with Gasteiger partial charge in [-0.3, -0.25) is 0 Å². The Morgan fingerprint density at radius 2 is 1.96 bits per heavy atom. The van der Waals surface area contributed by atoms with Gasteiger partial charge in [-0.05, 0) is 57.9 Å². The van der Waals surface area contributed by atoms with Crippen molar-refractivity contribution in [1.29, 1.82) is 0 Å². The minimum absolute atomic E-state index is 0.196. The van der Waals surface area contributed by atoms with Crippen LogP contribution in [0.25, 0.3) is 0 Å². The molecule has 5 nitrogen and oxygen atoms in total. The molecule has 0 saturated heterocycles. The van der Waals surface area contributed by atoms with Crippen molar-refractivity contribution in [3.05, 3.63) is 29.8 Å². The Bertz CT molecular complexity index is 459. The van der Waals surface area contributed by atoms with Crippen molar-refractivity contribution in [1.82, 2.24) is 5.32 Å². The number of aliphatic hydroxyl groups is 1. The van der Waals surface area contributed by atoms with E-state index in [-0.39, 0.29) is 18.5 Å². The lowest BCUT2D eigenvalue weighted by Crippen LogP contribution is -2.32. The molecular formula is C19H31NO4. The molecule has 0 heterocycles. The molecule has 0 spiro atoms. The topological polar surface area (TPSA) is 67.8 Å². The van der Waals surface area contributed by atoms with Crippen molar-refractivity contribution in [2.75, 3.05) is 26.3 Å². The summed E-state index contributed by atoms with van der Waals surface area (Å²) in [6.07, 6.45) is 1.95. The normalized spacial score (nSPS) is 12.4. The molecule has 0 unspecified atom stereocenters. The molecule has 0 aliphatic heterocycles. The number of benzene rings is 1.